The Morgan fingerprint density at radius 3 is 2.32 bits per heavy atom. The second-order valence-electron chi connectivity index (χ2n) is 5.34. The highest BCUT2D eigenvalue weighted by molar-refractivity contribution is 5.37. The van der Waals surface area contributed by atoms with Gasteiger partial charge in [0.05, 0.1) is 12.2 Å². The fourth-order valence-corrected chi connectivity index (χ4v) is 2.63. The molecule has 3 heteroatoms. The van der Waals surface area contributed by atoms with Gasteiger partial charge in [0.2, 0.25) is 0 Å². The Labute approximate surface area is 115 Å². The smallest absolute Gasteiger partial charge is 0.0664 e. The number of hydrogen-bond acceptors (Lipinski definition) is 2. The third-order valence-electron chi connectivity index (χ3n) is 3.58. The van der Waals surface area contributed by atoms with E-state index in [2.05, 4.69) is 56.4 Å². The fourth-order valence-electron chi connectivity index (χ4n) is 2.63. The number of nitrogens with zero attached hydrogens (tertiary/aromatic N) is 2. The molecule has 1 aromatic carbocycles. The van der Waals surface area contributed by atoms with Crippen LogP contribution in [0.1, 0.15) is 33.5 Å². The summed E-state index contributed by atoms with van der Waals surface area (Å²) in [5.74, 6) is 0. The maximum Gasteiger partial charge on any atom is 0.0664 e. The minimum Gasteiger partial charge on any atom is -0.316 e. The Balaban J connectivity index is 2.29. The molecular weight excluding hydrogens is 234 g/mol. The number of nitrogens with one attached hydrogen (secondary N) is 1. The van der Waals surface area contributed by atoms with Crippen LogP contribution in [-0.4, -0.2) is 16.8 Å². The van der Waals surface area contributed by atoms with Crippen molar-refractivity contribution in [2.24, 2.45) is 0 Å². The fraction of sp³-hybridized carbons (Fsp3) is 0.438. The van der Waals surface area contributed by atoms with Crippen molar-refractivity contribution in [2.75, 3.05) is 7.05 Å². The molecule has 19 heavy (non-hydrogen) atoms. The first kappa shape index (κ1) is 13.8. The molecule has 1 aromatic heterocycles. The van der Waals surface area contributed by atoms with Gasteiger partial charge in [0.1, 0.15) is 0 Å². The van der Waals surface area contributed by atoms with Crippen molar-refractivity contribution in [2.45, 2.75) is 40.8 Å². The number of aryl methyl sites for hydroxylation is 4. The average Bonchev–Trinajstić information content (AvgIpc) is 2.65. The van der Waals surface area contributed by atoms with Crippen molar-refractivity contribution in [1.29, 1.82) is 0 Å². The first-order chi connectivity index (χ1) is 9.01. The van der Waals surface area contributed by atoms with Gasteiger partial charge in [-0.25, -0.2) is 0 Å². The summed E-state index contributed by atoms with van der Waals surface area (Å²) in [4.78, 5) is 0. The Kier molecular flexibility index (Phi) is 4.05. The van der Waals surface area contributed by atoms with Crippen molar-refractivity contribution in [3.63, 3.8) is 0 Å². The molecule has 0 atom stereocenters. The Morgan fingerprint density at radius 1 is 1.11 bits per heavy atom. The van der Waals surface area contributed by atoms with Crippen molar-refractivity contribution in [1.82, 2.24) is 15.1 Å². The van der Waals surface area contributed by atoms with Gasteiger partial charge in [-0.1, -0.05) is 17.7 Å². The lowest BCUT2D eigenvalue weighted by atomic mass is 10.00. The zero-order valence-electron chi connectivity index (χ0n) is 12.5. The normalized spacial score (nSPS) is 11.0. The van der Waals surface area contributed by atoms with E-state index in [4.69, 9.17) is 0 Å². The van der Waals surface area contributed by atoms with E-state index in [-0.39, 0.29) is 0 Å². The minimum atomic E-state index is 0.850. The standard InChI is InChI=1S/C16H23N3/c1-11-6-12(2)16(13(3)7-11)10-19-9-15(8-17-5)14(4)18-19/h6-7,9,17H,8,10H2,1-5H3. The molecule has 0 unspecified atom stereocenters. The van der Waals surface area contributed by atoms with E-state index >= 15 is 0 Å². The predicted molar refractivity (Wildman–Crippen MR) is 79.5 cm³/mol. The van der Waals surface area contributed by atoms with E-state index in [1.807, 2.05) is 11.7 Å². The zero-order chi connectivity index (χ0) is 14.0. The molecule has 0 bridgehead atoms. The summed E-state index contributed by atoms with van der Waals surface area (Å²) in [5, 5.41) is 7.78. The summed E-state index contributed by atoms with van der Waals surface area (Å²) in [7, 11) is 1.96. The molecule has 0 radical (unpaired) electrons. The minimum absolute atomic E-state index is 0.850. The van der Waals surface area contributed by atoms with Crippen LogP contribution in [0.25, 0.3) is 0 Å². The Bertz CT molecular complexity index is 559. The van der Waals surface area contributed by atoms with Crippen LogP contribution in [0.3, 0.4) is 0 Å². The molecule has 0 aliphatic heterocycles. The molecule has 0 saturated heterocycles. The third kappa shape index (κ3) is 3.04. The second-order valence-corrected chi connectivity index (χ2v) is 5.34. The summed E-state index contributed by atoms with van der Waals surface area (Å²) < 4.78 is 2.05. The van der Waals surface area contributed by atoms with Gasteiger partial charge in [-0.05, 0) is 51.4 Å². The van der Waals surface area contributed by atoms with Crippen molar-refractivity contribution in [3.8, 4) is 0 Å². The Morgan fingerprint density at radius 2 is 1.74 bits per heavy atom. The molecular formula is C16H23N3. The van der Waals surface area contributed by atoms with Crippen molar-refractivity contribution in [3.05, 3.63) is 51.8 Å². The quantitative estimate of drug-likeness (QED) is 0.912. The van der Waals surface area contributed by atoms with E-state index in [1.54, 1.807) is 0 Å². The van der Waals surface area contributed by atoms with E-state index < -0.39 is 0 Å². The first-order valence-corrected chi connectivity index (χ1v) is 6.75. The summed E-state index contributed by atoms with van der Waals surface area (Å²) >= 11 is 0. The SMILES string of the molecule is CNCc1cn(Cc2c(C)cc(C)cc2C)nc1C. The molecule has 0 aliphatic carbocycles. The molecule has 0 fully saturated rings. The van der Waals surface area contributed by atoms with E-state index in [0.717, 1.165) is 18.8 Å². The molecule has 0 saturated carbocycles. The van der Waals surface area contributed by atoms with Crippen molar-refractivity contribution >= 4 is 0 Å². The molecule has 0 aliphatic rings. The molecule has 2 rings (SSSR count). The zero-order valence-corrected chi connectivity index (χ0v) is 12.5. The highest BCUT2D eigenvalue weighted by Crippen LogP contribution is 2.18. The summed E-state index contributed by atoms with van der Waals surface area (Å²) in [5.41, 5.74) is 7.78. The molecule has 102 valence electrons. The van der Waals surface area contributed by atoms with Crippen LogP contribution in [0.5, 0.6) is 0 Å². The summed E-state index contributed by atoms with van der Waals surface area (Å²) in [6.07, 6.45) is 2.14. The first-order valence-electron chi connectivity index (χ1n) is 6.75. The van der Waals surface area contributed by atoms with E-state index in [1.165, 1.54) is 27.8 Å². The largest absolute Gasteiger partial charge is 0.316 e. The third-order valence-corrected chi connectivity index (χ3v) is 3.58. The van der Waals surface area contributed by atoms with Crippen LogP contribution in [0, 0.1) is 27.7 Å². The van der Waals surface area contributed by atoms with Gasteiger partial charge in [-0.15, -0.1) is 0 Å². The number of benzene rings is 1. The molecule has 1 heterocycles. The van der Waals surface area contributed by atoms with Gasteiger partial charge >= 0.3 is 0 Å². The maximum atomic E-state index is 4.61. The van der Waals surface area contributed by atoms with Crippen LogP contribution in [-0.2, 0) is 13.1 Å². The van der Waals surface area contributed by atoms with Gasteiger partial charge in [-0.2, -0.15) is 5.10 Å². The Hall–Kier alpha value is -1.61. The summed E-state index contributed by atoms with van der Waals surface area (Å²) in [6, 6.07) is 4.49. The number of rotatable bonds is 4. The lowest BCUT2D eigenvalue weighted by Gasteiger charge is -2.11. The lowest BCUT2D eigenvalue weighted by molar-refractivity contribution is 0.673. The van der Waals surface area contributed by atoms with Gasteiger partial charge in [0.15, 0.2) is 0 Å². The van der Waals surface area contributed by atoms with E-state index in [0.29, 0.717) is 0 Å². The number of hydrogen-bond donors (Lipinski definition) is 1. The second kappa shape index (κ2) is 5.57. The van der Waals surface area contributed by atoms with Crippen LogP contribution >= 0.6 is 0 Å². The average molecular weight is 257 g/mol. The topological polar surface area (TPSA) is 29.9 Å². The number of aromatic nitrogens is 2. The molecule has 2 aromatic rings. The molecule has 0 spiro atoms. The highest BCUT2D eigenvalue weighted by Gasteiger charge is 2.08. The van der Waals surface area contributed by atoms with Gasteiger partial charge in [0, 0.05) is 18.3 Å². The maximum absolute atomic E-state index is 4.61. The van der Waals surface area contributed by atoms with Crippen LogP contribution < -0.4 is 5.32 Å². The molecule has 1 N–H and O–H groups in total. The van der Waals surface area contributed by atoms with Crippen LogP contribution in [0.4, 0.5) is 0 Å². The predicted octanol–water partition coefficient (Wildman–Crippen LogP) is 2.88. The van der Waals surface area contributed by atoms with Crippen molar-refractivity contribution < 1.29 is 0 Å². The van der Waals surface area contributed by atoms with Gasteiger partial charge in [0.25, 0.3) is 0 Å². The highest BCUT2D eigenvalue weighted by atomic mass is 15.3. The van der Waals surface area contributed by atoms with Gasteiger partial charge in [-0.3, -0.25) is 4.68 Å². The lowest BCUT2D eigenvalue weighted by Crippen LogP contribution is -2.06. The van der Waals surface area contributed by atoms with Gasteiger partial charge < -0.3 is 5.32 Å². The van der Waals surface area contributed by atoms with Crippen LogP contribution in [0.2, 0.25) is 0 Å². The van der Waals surface area contributed by atoms with Crippen LogP contribution in [0.15, 0.2) is 18.3 Å². The van der Waals surface area contributed by atoms with E-state index in [9.17, 15) is 0 Å². The monoisotopic (exact) mass is 257 g/mol. The molecule has 3 nitrogen and oxygen atoms in total. The molecule has 0 amide bonds. The summed E-state index contributed by atoms with van der Waals surface area (Å²) in [6.45, 7) is 10.3.